The van der Waals surface area contributed by atoms with Crippen LogP contribution in [0.5, 0.6) is 12.0 Å². The Balaban J connectivity index is 0.748. The van der Waals surface area contributed by atoms with E-state index in [0.29, 0.717) is 44.4 Å². The van der Waals surface area contributed by atoms with Crippen molar-refractivity contribution in [3.8, 4) is 12.0 Å². The fourth-order valence-corrected chi connectivity index (χ4v) is 16.3. The van der Waals surface area contributed by atoms with Crippen LogP contribution in [0.25, 0.3) is 21.5 Å². The number of hydrogen-bond acceptors (Lipinski definition) is 14. The molecule has 0 amide bonds. The molecule has 4 saturated heterocycles. The summed E-state index contributed by atoms with van der Waals surface area (Å²) in [6, 6.07) is 24.6. The molecule has 2 unspecified atom stereocenters. The molecule has 420 valence electrons. The van der Waals surface area contributed by atoms with Crippen molar-refractivity contribution in [1.82, 2.24) is 29.7 Å². The highest BCUT2D eigenvalue weighted by molar-refractivity contribution is 6.37. The van der Waals surface area contributed by atoms with Crippen molar-refractivity contribution in [2.24, 2.45) is 22.7 Å². The molecular formula is C65H72Cl2N10O4. The molecule has 14 rings (SSSR count). The van der Waals surface area contributed by atoms with E-state index in [-0.39, 0.29) is 46.2 Å². The van der Waals surface area contributed by atoms with Gasteiger partial charge in [-0.3, -0.25) is 14.5 Å². The van der Waals surface area contributed by atoms with Crippen molar-refractivity contribution in [2.45, 2.75) is 95.3 Å². The van der Waals surface area contributed by atoms with Gasteiger partial charge in [0.25, 0.3) is 0 Å². The average Bonchev–Trinajstić information content (AvgIpc) is 3.93. The fraction of sp³-hybridized carbons (Fsp3) is 0.477. The van der Waals surface area contributed by atoms with Gasteiger partial charge in [0, 0.05) is 95.3 Å². The van der Waals surface area contributed by atoms with Gasteiger partial charge >= 0.3 is 12.0 Å². The Kier molecular flexibility index (Phi) is 13.6. The quantitative estimate of drug-likeness (QED) is 0.0906. The fourth-order valence-electron chi connectivity index (χ4n) is 15.7. The van der Waals surface area contributed by atoms with Crippen molar-refractivity contribution < 1.29 is 19.1 Å². The number of ether oxygens (including phenoxy) is 2. The number of anilines is 4. The number of aromatic nitrogens is 4. The van der Waals surface area contributed by atoms with Crippen LogP contribution in [0.4, 0.5) is 23.0 Å². The van der Waals surface area contributed by atoms with Gasteiger partial charge < -0.3 is 34.0 Å². The first-order valence-electron chi connectivity index (χ1n) is 29.6. The number of benzene rings is 4. The monoisotopic (exact) mass is 1130 g/mol. The third-order valence-electron chi connectivity index (χ3n) is 20.7. The number of halogens is 2. The second kappa shape index (κ2) is 20.8. The van der Waals surface area contributed by atoms with Crippen molar-refractivity contribution in [3.63, 3.8) is 0 Å². The van der Waals surface area contributed by atoms with Gasteiger partial charge in [-0.15, -0.1) is 0 Å². The SMILES string of the molecule is C=CC(=O)[C@@]12CCN(c3nc(OC[C@@H]4C(c5ccc(Cl)c6c(N7CCc8c(nc(OC[C@@H]9CCCN9C)nc8N8CC[C@@]9(C(=O)C=C)CC[C@H]9C8)C7)cccc56)CCN4C)nc4c3CCN(c3cccc5cccc(Cl)c35)C4)CC1C2. The molecule has 6 fully saturated rings. The highest BCUT2D eigenvalue weighted by atomic mass is 35.5. The van der Waals surface area contributed by atoms with E-state index >= 15 is 0 Å². The first kappa shape index (κ1) is 52.7. The topological polar surface area (TPSA) is 124 Å². The first-order chi connectivity index (χ1) is 39.4. The summed E-state index contributed by atoms with van der Waals surface area (Å²) in [4.78, 5) is 61.7. The maximum atomic E-state index is 13.2. The molecule has 8 aliphatic rings. The van der Waals surface area contributed by atoms with E-state index in [4.69, 9.17) is 52.6 Å². The molecule has 14 nitrogen and oxygen atoms in total. The summed E-state index contributed by atoms with van der Waals surface area (Å²) in [6.07, 6.45) is 12.3. The van der Waals surface area contributed by atoms with Gasteiger partial charge in [-0.2, -0.15) is 19.9 Å². The molecule has 2 aliphatic carbocycles. The number of hydrogen-bond donors (Lipinski definition) is 0. The molecule has 0 radical (unpaired) electrons. The van der Waals surface area contributed by atoms with Crippen LogP contribution in [-0.2, 0) is 35.5 Å². The van der Waals surface area contributed by atoms with Crippen molar-refractivity contribution >= 4 is 79.3 Å². The van der Waals surface area contributed by atoms with Crippen LogP contribution in [-0.4, -0.2) is 133 Å². The van der Waals surface area contributed by atoms with Gasteiger partial charge in [0.05, 0.1) is 40.6 Å². The van der Waals surface area contributed by atoms with Gasteiger partial charge in [-0.25, -0.2) is 0 Å². The molecule has 0 spiro atoms. The normalized spacial score (nSPS) is 27.1. The molecule has 6 aromatic rings. The third kappa shape index (κ3) is 9.04. The Labute approximate surface area is 485 Å². The molecular weight excluding hydrogens is 1060 g/mol. The van der Waals surface area contributed by atoms with E-state index < -0.39 is 0 Å². The summed E-state index contributed by atoms with van der Waals surface area (Å²) in [5, 5.41) is 5.80. The molecule has 0 N–H and O–H groups in total. The van der Waals surface area contributed by atoms with Gasteiger partial charge in [0.15, 0.2) is 11.6 Å². The molecule has 6 aliphatic heterocycles. The molecule has 81 heavy (non-hydrogen) atoms. The van der Waals surface area contributed by atoms with Crippen LogP contribution in [0, 0.1) is 22.7 Å². The van der Waals surface area contributed by atoms with E-state index in [1.54, 1.807) is 6.08 Å². The lowest BCUT2D eigenvalue weighted by atomic mass is 9.54. The number of carbonyl (C=O) groups excluding carboxylic acids is 2. The van der Waals surface area contributed by atoms with E-state index in [2.05, 4.69) is 111 Å². The Morgan fingerprint density at radius 1 is 0.630 bits per heavy atom. The molecule has 2 aromatic heterocycles. The number of likely N-dealkylation sites (tertiary alicyclic amines) is 2. The zero-order valence-electron chi connectivity index (χ0n) is 46.7. The summed E-state index contributed by atoms with van der Waals surface area (Å²) in [7, 11) is 4.37. The second-order valence-electron chi connectivity index (χ2n) is 24.6. The number of rotatable bonds is 15. The summed E-state index contributed by atoms with van der Waals surface area (Å²) < 4.78 is 13.5. The van der Waals surface area contributed by atoms with Crippen molar-refractivity contribution in [2.75, 3.05) is 99.3 Å². The predicted molar refractivity (Wildman–Crippen MR) is 322 cm³/mol. The van der Waals surface area contributed by atoms with E-state index in [1.165, 1.54) is 17.2 Å². The van der Waals surface area contributed by atoms with Gasteiger partial charge in [-0.1, -0.05) is 78.8 Å². The summed E-state index contributed by atoms with van der Waals surface area (Å²) in [5.41, 5.74) is 7.15. The molecule has 16 heteroatoms. The molecule has 8 heterocycles. The minimum absolute atomic E-state index is 0.0385. The maximum Gasteiger partial charge on any atom is 0.318 e. The maximum absolute atomic E-state index is 13.2. The number of carbonyl (C=O) groups is 2. The molecule has 2 saturated carbocycles. The second-order valence-corrected chi connectivity index (χ2v) is 25.4. The van der Waals surface area contributed by atoms with Crippen LogP contribution in [0.3, 0.4) is 0 Å². The predicted octanol–water partition coefficient (Wildman–Crippen LogP) is 10.7. The minimum Gasteiger partial charge on any atom is -0.462 e. The number of nitrogens with zero attached hydrogens (tertiary/aromatic N) is 10. The van der Waals surface area contributed by atoms with E-state index in [1.807, 2.05) is 12.1 Å². The van der Waals surface area contributed by atoms with Crippen molar-refractivity contribution in [1.29, 1.82) is 0 Å². The number of piperidine rings is 2. The molecule has 7 atom stereocenters. The summed E-state index contributed by atoms with van der Waals surface area (Å²) in [5.74, 6) is 2.98. The average molecular weight is 1130 g/mol. The van der Waals surface area contributed by atoms with E-state index in [0.717, 1.165) is 188 Å². The van der Waals surface area contributed by atoms with Crippen LogP contribution in [0.1, 0.15) is 85.4 Å². The summed E-state index contributed by atoms with van der Waals surface area (Å²) in [6.45, 7) is 16.5. The van der Waals surface area contributed by atoms with Crippen LogP contribution < -0.4 is 29.1 Å². The largest absolute Gasteiger partial charge is 0.462 e. The minimum atomic E-state index is -0.283. The van der Waals surface area contributed by atoms with E-state index in [9.17, 15) is 9.59 Å². The smallest absolute Gasteiger partial charge is 0.318 e. The Hall–Kier alpha value is -6.32. The van der Waals surface area contributed by atoms with Crippen LogP contribution in [0.15, 0.2) is 92.0 Å². The number of likely N-dealkylation sites (N-methyl/N-ethyl adjacent to an activating group) is 2. The van der Waals surface area contributed by atoms with Gasteiger partial charge in [0.2, 0.25) is 0 Å². The molecule has 0 bridgehead atoms. The Bertz CT molecular complexity index is 3540. The van der Waals surface area contributed by atoms with Gasteiger partial charge in [-0.05, 0) is 156 Å². The lowest BCUT2D eigenvalue weighted by Crippen LogP contribution is -2.57. The standard InChI is InChI=1S/C65H72Cl2N10O4/c1-5-56(78)64-24-20-41(64)34-76(31-25-64)60-47-23-30-75(37-52(47)68-62(70-60)80-38-43-13-10-27-72(43)3)54-17-9-14-46-44(18-19-50(67)59(46)54)45-21-28-73(4)55(45)39-81-63-69-51-36-74(53-16-8-12-40-11-7-15-49(66)58(40)53)29-22-48(51)61(71-63)77-32-26-65(57(79)6-2)33-42(65)35-77/h5-9,11-12,14-19,41-43,45,55H,1-2,10,13,20-39H2,3-4H3/t41-,42?,43-,45?,55+,64-,65+/m0/s1. The molecule has 4 aromatic carbocycles. The third-order valence-corrected chi connectivity index (χ3v) is 21.3. The zero-order chi connectivity index (χ0) is 55.3. The highest BCUT2D eigenvalue weighted by Gasteiger charge is 2.61. The lowest BCUT2D eigenvalue weighted by molar-refractivity contribution is -0.136. The zero-order valence-corrected chi connectivity index (χ0v) is 48.2. The highest BCUT2D eigenvalue weighted by Crippen LogP contribution is 2.59. The Morgan fingerprint density at radius 2 is 1.25 bits per heavy atom. The first-order valence-corrected chi connectivity index (χ1v) is 30.4. The summed E-state index contributed by atoms with van der Waals surface area (Å²) >= 11 is 14.3. The number of fused-ring (bicyclic) bond motifs is 6. The van der Waals surface area contributed by atoms with Gasteiger partial charge in [0.1, 0.15) is 24.8 Å². The number of ketones is 2. The van der Waals surface area contributed by atoms with Crippen molar-refractivity contribution in [3.05, 3.63) is 130 Å². The van der Waals surface area contributed by atoms with Crippen LogP contribution >= 0.6 is 23.2 Å². The Morgan fingerprint density at radius 3 is 1.88 bits per heavy atom. The van der Waals surface area contributed by atoms with Crippen LogP contribution in [0.2, 0.25) is 10.0 Å². The lowest BCUT2D eigenvalue weighted by Gasteiger charge is -2.54. The number of allylic oxidation sites excluding steroid dienone is 2.